The van der Waals surface area contributed by atoms with Gasteiger partial charge in [-0.05, 0) is 54.7 Å². The third kappa shape index (κ3) is 5.32. The number of benzene rings is 2. The zero-order chi connectivity index (χ0) is 20.8. The van der Waals surface area contributed by atoms with Crippen LogP contribution in [0.4, 0.5) is 4.39 Å². The predicted molar refractivity (Wildman–Crippen MR) is 117 cm³/mol. The highest BCUT2D eigenvalue weighted by Gasteiger charge is 2.25. The van der Waals surface area contributed by atoms with Gasteiger partial charge in [0, 0.05) is 43.2 Å². The normalized spacial score (nSPS) is 16.4. The number of pyridine rings is 1. The van der Waals surface area contributed by atoms with E-state index in [0.29, 0.717) is 12.8 Å². The summed E-state index contributed by atoms with van der Waals surface area (Å²) >= 11 is 0. The Hall–Kier alpha value is -3.01. The number of halogens is 1. The van der Waals surface area contributed by atoms with Gasteiger partial charge < -0.3 is 4.90 Å². The molecule has 154 valence electrons. The van der Waals surface area contributed by atoms with Crippen LogP contribution in [-0.2, 0) is 17.6 Å². The molecule has 30 heavy (non-hydrogen) atoms. The molecule has 2 aromatic carbocycles. The van der Waals surface area contributed by atoms with Gasteiger partial charge in [0.15, 0.2) is 0 Å². The molecule has 0 spiro atoms. The molecule has 0 radical (unpaired) electrons. The molecule has 4 heteroatoms. The fourth-order valence-corrected chi connectivity index (χ4v) is 4.13. The number of hydrogen-bond donors (Lipinski definition) is 0. The highest BCUT2D eigenvalue weighted by atomic mass is 19.1. The van der Waals surface area contributed by atoms with Crippen molar-refractivity contribution in [2.75, 3.05) is 13.1 Å². The van der Waals surface area contributed by atoms with E-state index in [1.165, 1.54) is 17.7 Å². The lowest BCUT2D eigenvalue weighted by Crippen LogP contribution is -2.39. The van der Waals surface area contributed by atoms with Crippen molar-refractivity contribution in [2.45, 2.75) is 38.0 Å². The molecule has 1 aliphatic rings. The molecule has 4 rings (SSSR count). The van der Waals surface area contributed by atoms with Gasteiger partial charge in [0.2, 0.25) is 5.91 Å². The molecular weight excluding hydrogens is 375 g/mol. The molecule has 0 bridgehead atoms. The van der Waals surface area contributed by atoms with E-state index in [-0.39, 0.29) is 17.6 Å². The summed E-state index contributed by atoms with van der Waals surface area (Å²) in [5.41, 5.74) is 4.28. The summed E-state index contributed by atoms with van der Waals surface area (Å²) in [7, 11) is 0. The average molecular weight is 403 g/mol. The minimum Gasteiger partial charge on any atom is -0.342 e. The Morgan fingerprint density at radius 3 is 2.57 bits per heavy atom. The van der Waals surface area contributed by atoms with Crippen LogP contribution in [0.1, 0.15) is 47.7 Å². The number of carbonyl (C=O) groups excluding carboxylic acids is 1. The van der Waals surface area contributed by atoms with E-state index in [4.69, 9.17) is 4.98 Å². The van der Waals surface area contributed by atoms with Crippen LogP contribution in [-0.4, -0.2) is 28.9 Å². The second-order valence-corrected chi connectivity index (χ2v) is 8.02. The Morgan fingerprint density at radius 1 is 0.967 bits per heavy atom. The van der Waals surface area contributed by atoms with E-state index in [1.807, 2.05) is 35.2 Å². The lowest BCUT2D eigenvalue weighted by atomic mass is 9.93. The first-order chi connectivity index (χ1) is 14.7. The molecule has 1 saturated heterocycles. The van der Waals surface area contributed by atoms with Gasteiger partial charge in [0.1, 0.15) is 5.82 Å². The second-order valence-electron chi connectivity index (χ2n) is 8.02. The van der Waals surface area contributed by atoms with Crippen molar-refractivity contribution in [3.05, 3.63) is 101 Å². The van der Waals surface area contributed by atoms with Crippen molar-refractivity contribution in [3.8, 4) is 0 Å². The number of carbonyl (C=O) groups is 1. The maximum absolute atomic E-state index is 13.1. The minimum atomic E-state index is -0.223. The summed E-state index contributed by atoms with van der Waals surface area (Å²) < 4.78 is 13.1. The molecular formula is C26H27FN2O. The van der Waals surface area contributed by atoms with Crippen molar-refractivity contribution < 1.29 is 9.18 Å². The number of aryl methyl sites for hydroxylation is 1. The lowest BCUT2D eigenvalue weighted by Gasteiger charge is -2.32. The smallest absolute Gasteiger partial charge is 0.222 e. The summed E-state index contributed by atoms with van der Waals surface area (Å²) in [5, 5.41) is 0. The van der Waals surface area contributed by atoms with Crippen LogP contribution in [0, 0.1) is 5.82 Å². The molecule has 0 unspecified atom stereocenters. The van der Waals surface area contributed by atoms with E-state index < -0.39 is 0 Å². The summed E-state index contributed by atoms with van der Waals surface area (Å²) in [5.74, 6) is 0.276. The Balaban J connectivity index is 1.38. The molecule has 1 aromatic heterocycles. The SMILES string of the molecule is O=C(CCc1ccccc1)N1CCC[C@@H](c2cccc(Cc3ccc(F)cc3)n2)C1. The lowest BCUT2D eigenvalue weighted by molar-refractivity contribution is -0.132. The first kappa shape index (κ1) is 20.3. The molecule has 0 aliphatic carbocycles. The zero-order valence-corrected chi connectivity index (χ0v) is 17.1. The van der Waals surface area contributed by atoms with Crippen LogP contribution in [0.3, 0.4) is 0 Å². The van der Waals surface area contributed by atoms with Crippen molar-refractivity contribution in [2.24, 2.45) is 0 Å². The van der Waals surface area contributed by atoms with Crippen LogP contribution in [0.25, 0.3) is 0 Å². The van der Waals surface area contributed by atoms with Crippen LogP contribution >= 0.6 is 0 Å². The van der Waals surface area contributed by atoms with E-state index >= 15 is 0 Å². The van der Waals surface area contributed by atoms with Gasteiger partial charge in [0.05, 0.1) is 0 Å². The van der Waals surface area contributed by atoms with Gasteiger partial charge in [0.25, 0.3) is 0 Å². The molecule has 0 saturated carbocycles. The third-order valence-electron chi connectivity index (χ3n) is 5.79. The fourth-order valence-electron chi connectivity index (χ4n) is 4.13. The molecule has 1 aliphatic heterocycles. The number of piperidine rings is 1. The average Bonchev–Trinajstić information content (AvgIpc) is 2.80. The number of likely N-dealkylation sites (tertiary alicyclic amines) is 1. The largest absolute Gasteiger partial charge is 0.342 e. The highest BCUT2D eigenvalue weighted by Crippen LogP contribution is 2.26. The first-order valence-corrected chi connectivity index (χ1v) is 10.7. The number of nitrogens with zero attached hydrogens (tertiary/aromatic N) is 2. The van der Waals surface area contributed by atoms with Crippen LogP contribution in [0.15, 0.2) is 72.8 Å². The number of aromatic nitrogens is 1. The predicted octanol–water partition coefficient (Wildman–Crippen LogP) is 5.15. The number of rotatable bonds is 6. The van der Waals surface area contributed by atoms with Gasteiger partial charge >= 0.3 is 0 Å². The minimum absolute atomic E-state index is 0.223. The van der Waals surface area contributed by atoms with E-state index in [1.54, 1.807) is 12.1 Å². The Bertz CT molecular complexity index is 972. The fraction of sp³-hybridized carbons (Fsp3) is 0.308. The number of hydrogen-bond acceptors (Lipinski definition) is 2. The van der Waals surface area contributed by atoms with E-state index in [0.717, 1.165) is 49.3 Å². The summed E-state index contributed by atoms with van der Waals surface area (Å²) in [6.45, 7) is 1.57. The molecule has 1 amide bonds. The van der Waals surface area contributed by atoms with Gasteiger partial charge in [-0.1, -0.05) is 48.5 Å². The first-order valence-electron chi connectivity index (χ1n) is 10.7. The standard InChI is InChI=1S/C26H27FN2O/c27-23-14-11-21(12-15-23)18-24-9-4-10-25(28-24)22-8-5-17-29(19-22)26(30)16-13-20-6-2-1-3-7-20/h1-4,6-7,9-12,14-15,22H,5,8,13,16-19H2/t22-/m1/s1. The number of amides is 1. The Kier molecular flexibility index (Phi) is 6.53. The molecule has 1 atom stereocenters. The highest BCUT2D eigenvalue weighted by molar-refractivity contribution is 5.76. The zero-order valence-electron chi connectivity index (χ0n) is 17.1. The van der Waals surface area contributed by atoms with Gasteiger partial charge in [-0.25, -0.2) is 4.39 Å². The molecule has 2 heterocycles. The summed E-state index contributed by atoms with van der Waals surface area (Å²) in [6, 6.07) is 22.9. The van der Waals surface area contributed by atoms with Gasteiger partial charge in [-0.2, -0.15) is 0 Å². The van der Waals surface area contributed by atoms with Crippen molar-refractivity contribution in [3.63, 3.8) is 0 Å². The summed E-state index contributed by atoms with van der Waals surface area (Å²) in [6.07, 6.45) is 4.07. The second kappa shape index (κ2) is 9.66. The molecule has 1 fully saturated rings. The van der Waals surface area contributed by atoms with E-state index in [2.05, 4.69) is 18.2 Å². The maximum Gasteiger partial charge on any atom is 0.222 e. The van der Waals surface area contributed by atoms with Crippen LogP contribution < -0.4 is 0 Å². The van der Waals surface area contributed by atoms with Crippen LogP contribution in [0.5, 0.6) is 0 Å². The van der Waals surface area contributed by atoms with Gasteiger partial charge in [-0.3, -0.25) is 9.78 Å². The summed E-state index contributed by atoms with van der Waals surface area (Å²) in [4.78, 5) is 19.6. The monoisotopic (exact) mass is 402 g/mol. The third-order valence-corrected chi connectivity index (χ3v) is 5.79. The maximum atomic E-state index is 13.1. The molecule has 0 N–H and O–H groups in total. The topological polar surface area (TPSA) is 33.2 Å². The van der Waals surface area contributed by atoms with Crippen molar-refractivity contribution in [1.82, 2.24) is 9.88 Å². The molecule has 3 nitrogen and oxygen atoms in total. The van der Waals surface area contributed by atoms with Crippen LogP contribution in [0.2, 0.25) is 0 Å². The Labute approximate surface area is 177 Å². The molecule has 3 aromatic rings. The van der Waals surface area contributed by atoms with E-state index in [9.17, 15) is 9.18 Å². The van der Waals surface area contributed by atoms with Crippen molar-refractivity contribution >= 4 is 5.91 Å². The Morgan fingerprint density at radius 2 is 1.77 bits per heavy atom. The quantitative estimate of drug-likeness (QED) is 0.571. The van der Waals surface area contributed by atoms with Crippen molar-refractivity contribution in [1.29, 1.82) is 0 Å². The van der Waals surface area contributed by atoms with Gasteiger partial charge in [-0.15, -0.1) is 0 Å².